The summed E-state index contributed by atoms with van der Waals surface area (Å²) in [5.74, 6) is 1.05. The summed E-state index contributed by atoms with van der Waals surface area (Å²) in [5, 5.41) is 0. The van der Waals surface area contributed by atoms with Crippen molar-refractivity contribution in [1.29, 1.82) is 0 Å². The highest BCUT2D eigenvalue weighted by Crippen LogP contribution is 2.16. The van der Waals surface area contributed by atoms with Gasteiger partial charge in [-0.05, 0) is 64.0 Å². The molecule has 21 heavy (non-hydrogen) atoms. The molecule has 0 aromatic heterocycles. The molecule has 0 aliphatic carbocycles. The Kier molecular flexibility index (Phi) is 7.76. The number of nitrogens with zero attached hydrogens (tertiary/aromatic N) is 1. The molecule has 1 saturated heterocycles. The van der Waals surface area contributed by atoms with Crippen molar-refractivity contribution >= 4 is 18.2 Å². The molecule has 0 N–H and O–H groups in total. The zero-order valence-corrected chi connectivity index (χ0v) is 13.8. The van der Waals surface area contributed by atoms with Gasteiger partial charge in [-0.2, -0.15) is 0 Å². The lowest BCUT2D eigenvalue weighted by Crippen LogP contribution is -2.31. The van der Waals surface area contributed by atoms with Crippen LogP contribution in [0.2, 0.25) is 0 Å². The first kappa shape index (κ1) is 18.0. The number of hydrogen-bond acceptors (Lipinski definition) is 3. The maximum Gasteiger partial charge on any atom is 0.164 e. The SMILES string of the molecule is CC(C)Oc1ccc(C(=O)CCN2CCCCC2)cc1.Cl. The van der Waals surface area contributed by atoms with Crippen molar-refractivity contribution in [3.8, 4) is 5.75 Å². The van der Waals surface area contributed by atoms with Gasteiger partial charge in [-0.25, -0.2) is 0 Å². The predicted octanol–water partition coefficient (Wildman–Crippen LogP) is 3.95. The molecule has 0 atom stereocenters. The third-order valence-corrected chi connectivity index (χ3v) is 3.65. The molecule has 0 bridgehead atoms. The number of ketones is 1. The van der Waals surface area contributed by atoms with Gasteiger partial charge in [0.15, 0.2) is 5.78 Å². The Bertz CT molecular complexity index is 425. The van der Waals surface area contributed by atoms with E-state index in [2.05, 4.69) is 4.90 Å². The Hall–Kier alpha value is -1.06. The van der Waals surface area contributed by atoms with Gasteiger partial charge in [0.05, 0.1) is 6.10 Å². The molecule has 2 rings (SSSR count). The van der Waals surface area contributed by atoms with E-state index in [1.54, 1.807) is 0 Å². The van der Waals surface area contributed by atoms with Gasteiger partial charge < -0.3 is 9.64 Å². The van der Waals surface area contributed by atoms with E-state index in [-0.39, 0.29) is 24.3 Å². The molecule has 0 amide bonds. The molecule has 1 aromatic carbocycles. The second kappa shape index (κ2) is 9.06. The number of ether oxygens (including phenoxy) is 1. The van der Waals surface area contributed by atoms with Crippen LogP contribution in [0.3, 0.4) is 0 Å². The number of rotatable bonds is 6. The van der Waals surface area contributed by atoms with E-state index < -0.39 is 0 Å². The van der Waals surface area contributed by atoms with Gasteiger partial charge in [-0.15, -0.1) is 12.4 Å². The molecular formula is C17H26ClNO2. The lowest BCUT2D eigenvalue weighted by Gasteiger charge is -2.25. The molecular weight excluding hydrogens is 286 g/mol. The van der Waals surface area contributed by atoms with Gasteiger partial charge in [-0.1, -0.05) is 6.42 Å². The van der Waals surface area contributed by atoms with Gasteiger partial charge in [0, 0.05) is 18.5 Å². The van der Waals surface area contributed by atoms with E-state index >= 15 is 0 Å². The third-order valence-electron chi connectivity index (χ3n) is 3.65. The predicted molar refractivity (Wildman–Crippen MR) is 88.7 cm³/mol. The molecule has 118 valence electrons. The average molecular weight is 312 g/mol. The first-order chi connectivity index (χ1) is 9.65. The summed E-state index contributed by atoms with van der Waals surface area (Å²) < 4.78 is 5.58. The molecule has 1 aliphatic rings. The number of Topliss-reactive ketones (excluding diaryl/α,β-unsaturated/α-hetero) is 1. The van der Waals surface area contributed by atoms with Crippen molar-refractivity contribution < 1.29 is 9.53 Å². The van der Waals surface area contributed by atoms with Crippen molar-refractivity contribution in [2.45, 2.75) is 45.6 Å². The summed E-state index contributed by atoms with van der Waals surface area (Å²) in [7, 11) is 0. The number of hydrogen-bond donors (Lipinski definition) is 0. The summed E-state index contributed by atoms with van der Waals surface area (Å²) in [6, 6.07) is 7.51. The number of carbonyl (C=O) groups is 1. The van der Waals surface area contributed by atoms with Crippen LogP contribution in [0.5, 0.6) is 5.75 Å². The van der Waals surface area contributed by atoms with Crippen LogP contribution in [-0.4, -0.2) is 36.4 Å². The molecule has 0 saturated carbocycles. The maximum absolute atomic E-state index is 12.2. The molecule has 0 unspecified atom stereocenters. The Balaban J connectivity index is 0.00000220. The van der Waals surface area contributed by atoms with Gasteiger partial charge in [0.1, 0.15) is 5.75 Å². The molecule has 1 fully saturated rings. The van der Waals surface area contributed by atoms with Crippen LogP contribution in [0.4, 0.5) is 0 Å². The first-order valence-electron chi connectivity index (χ1n) is 7.67. The van der Waals surface area contributed by atoms with Gasteiger partial charge >= 0.3 is 0 Å². The molecule has 1 aromatic rings. The normalized spacial score (nSPS) is 15.6. The van der Waals surface area contributed by atoms with Crippen LogP contribution >= 0.6 is 12.4 Å². The van der Waals surface area contributed by atoms with Crippen molar-refractivity contribution in [1.82, 2.24) is 4.90 Å². The highest BCUT2D eigenvalue weighted by molar-refractivity contribution is 5.96. The molecule has 0 radical (unpaired) electrons. The monoisotopic (exact) mass is 311 g/mol. The summed E-state index contributed by atoms with van der Waals surface area (Å²) in [5.41, 5.74) is 0.790. The third kappa shape index (κ3) is 6.06. The van der Waals surface area contributed by atoms with Crippen LogP contribution in [0.15, 0.2) is 24.3 Å². The van der Waals surface area contributed by atoms with E-state index in [1.807, 2.05) is 38.1 Å². The Morgan fingerprint density at radius 3 is 2.33 bits per heavy atom. The second-order valence-corrected chi connectivity index (χ2v) is 5.77. The molecule has 0 spiro atoms. The van der Waals surface area contributed by atoms with Crippen LogP contribution in [0.25, 0.3) is 0 Å². The topological polar surface area (TPSA) is 29.5 Å². The number of carbonyl (C=O) groups excluding carboxylic acids is 1. The molecule has 3 nitrogen and oxygen atoms in total. The molecule has 1 aliphatic heterocycles. The quantitative estimate of drug-likeness (QED) is 0.745. The van der Waals surface area contributed by atoms with Gasteiger partial charge in [0.25, 0.3) is 0 Å². The van der Waals surface area contributed by atoms with Gasteiger partial charge in [-0.3, -0.25) is 4.79 Å². The Labute approximate surface area is 134 Å². The number of benzene rings is 1. The first-order valence-corrected chi connectivity index (χ1v) is 7.67. The fourth-order valence-corrected chi connectivity index (χ4v) is 2.58. The summed E-state index contributed by atoms with van der Waals surface area (Å²) >= 11 is 0. The van der Waals surface area contributed by atoms with Gasteiger partial charge in [0.2, 0.25) is 0 Å². The second-order valence-electron chi connectivity index (χ2n) is 5.77. The zero-order chi connectivity index (χ0) is 14.4. The minimum atomic E-state index is 0. The molecule has 4 heteroatoms. The highest BCUT2D eigenvalue weighted by Gasteiger charge is 2.12. The largest absolute Gasteiger partial charge is 0.491 e. The zero-order valence-electron chi connectivity index (χ0n) is 13.0. The number of halogens is 1. The van der Waals surface area contributed by atoms with Crippen LogP contribution in [0, 0.1) is 0 Å². The van der Waals surface area contributed by atoms with E-state index in [4.69, 9.17) is 4.74 Å². The van der Waals surface area contributed by atoms with Crippen molar-refractivity contribution in [2.75, 3.05) is 19.6 Å². The lowest BCUT2D eigenvalue weighted by molar-refractivity contribution is 0.0958. The molecule has 1 heterocycles. The summed E-state index contributed by atoms with van der Waals surface area (Å²) in [6.45, 7) is 7.18. The maximum atomic E-state index is 12.2. The summed E-state index contributed by atoms with van der Waals surface area (Å²) in [6.07, 6.45) is 4.66. The van der Waals surface area contributed by atoms with Crippen molar-refractivity contribution in [3.63, 3.8) is 0 Å². The average Bonchev–Trinajstić information content (AvgIpc) is 2.46. The van der Waals surface area contributed by atoms with Crippen LogP contribution < -0.4 is 4.74 Å². The minimum absolute atomic E-state index is 0. The van der Waals surface area contributed by atoms with E-state index in [1.165, 1.54) is 19.3 Å². The Morgan fingerprint density at radius 2 is 1.76 bits per heavy atom. The van der Waals surface area contributed by atoms with Crippen LogP contribution in [0.1, 0.15) is 49.9 Å². The minimum Gasteiger partial charge on any atom is -0.491 e. The van der Waals surface area contributed by atoms with Crippen molar-refractivity contribution in [2.24, 2.45) is 0 Å². The fraction of sp³-hybridized carbons (Fsp3) is 0.588. The van der Waals surface area contributed by atoms with E-state index in [0.29, 0.717) is 6.42 Å². The highest BCUT2D eigenvalue weighted by atomic mass is 35.5. The smallest absolute Gasteiger partial charge is 0.164 e. The number of piperidine rings is 1. The van der Waals surface area contributed by atoms with E-state index in [9.17, 15) is 4.79 Å². The van der Waals surface area contributed by atoms with Crippen LogP contribution in [-0.2, 0) is 0 Å². The fourth-order valence-electron chi connectivity index (χ4n) is 2.58. The van der Waals surface area contributed by atoms with E-state index in [0.717, 1.165) is 30.9 Å². The number of likely N-dealkylation sites (tertiary alicyclic amines) is 1. The Morgan fingerprint density at radius 1 is 1.14 bits per heavy atom. The standard InChI is InChI=1S/C17H25NO2.ClH/c1-14(2)20-16-8-6-15(7-9-16)17(19)10-13-18-11-4-3-5-12-18;/h6-9,14H,3-5,10-13H2,1-2H3;1H. The summed E-state index contributed by atoms with van der Waals surface area (Å²) in [4.78, 5) is 14.6. The lowest BCUT2D eigenvalue weighted by atomic mass is 10.1. The van der Waals surface area contributed by atoms with Crippen molar-refractivity contribution in [3.05, 3.63) is 29.8 Å².